The smallest absolute Gasteiger partial charge is 0.270 e. The normalized spacial score (nSPS) is 10.4. The molecule has 0 aliphatic rings. The van der Waals surface area contributed by atoms with E-state index in [9.17, 15) is 14.9 Å². The second-order valence-electron chi connectivity index (χ2n) is 3.63. The van der Waals surface area contributed by atoms with Crippen LogP contribution in [0.15, 0.2) is 24.3 Å². The molecule has 6 heteroatoms. The molecule has 0 fully saturated rings. The molecule has 1 aromatic heterocycles. The zero-order valence-corrected chi connectivity index (χ0v) is 9.01. The maximum Gasteiger partial charge on any atom is 0.270 e. The largest absolute Gasteiger partial charge is 0.366 e. The summed E-state index contributed by atoms with van der Waals surface area (Å²) in [7, 11) is 0. The van der Waals surface area contributed by atoms with E-state index in [1.165, 1.54) is 24.3 Å². The van der Waals surface area contributed by atoms with E-state index in [4.69, 9.17) is 5.73 Å². The fourth-order valence-electron chi connectivity index (χ4n) is 1.66. The number of aryl methyl sites for hydroxylation is 1. The predicted molar refractivity (Wildman–Crippen MR) is 61.7 cm³/mol. The molecule has 2 aromatic rings. The van der Waals surface area contributed by atoms with Crippen LogP contribution in [0.4, 0.5) is 5.69 Å². The molecule has 2 N–H and O–H groups in total. The van der Waals surface area contributed by atoms with Crippen molar-refractivity contribution in [2.24, 2.45) is 5.73 Å². The monoisotopic (exact) mass is 231 g/mol. The van der Waals surface area contributed by atoms with Crippen LogP contribution >= 0.6 is 0 Å². The van der Waals surface area contributed by atoms with Crippen LogP contribution in [-0.2, 0) is 0 Å². The first-order valence-electron chi connectivity index (χ1n) is 4.84. The van der Waals surface area contributed by atoms with Crippen molar-refractivity contribution in [1.29, 1.82) is 0 Å². The zero-order valence-electron chi connectivity index (χ0n) is 9.01. The van der Waals surface area contributed by atoms with E-state index in [1.54, 1.807) is 6.92 Å². The lowest BCUT2D eigenvalue weighted by Gasteiger charge is -2.04. The molecule has 86 valence electrons. The number of amides is 1. The average molecular weight is 231 g/mol. The molecular weight excluding hydrogens is 222 g/mol. The number of nitro benzene ring substituents is 1. The highest BCUT2D eigenvalue weighted by molar-refractivity contribution is 6.05. The Morgan fingerprint density at radius 1 is 1.41 bits per heavy atom. The number of carbonyl (C=O) groups is 1. The predicted octanol–water partition coefficient (Wildman–Crippen LogP) is 1.55. The first-order valence-corrected chi connectivity index (χ1v) is 4.84. The minimum atomic E-state index is -0.624. The summed E-state index contributed by atoms with van der Waals surface area (Å²) in [5, 5.41) is 11.1. The van der Waals surface area contributed by atoms with Crippen LogP contribution in [0.1, 0.15) is 16.1 Å². The van der Waals surface area contributed by atoms with Crippen molar-refractivity contribution in [3.63, 3.8) is 0 Å². The van der Waals surface area contributed by atoms with Crippen LogP contribution in [0.2, 0.25) is 0 Å². The van der Waals surface area contributed by atoms with Gasteiger partial charge in [0.25, 0.3) is 5.69 Å². The number of non-ortho nitro benzene ring substituents is 1. The van der Waals surface area contributed by atoms with E-state index >= 15 is 0 Å². The SMILES string of the molecule is Cc1cc(C(N)=O)c2cc([N+](=O)[O-])ccc2n1. The van der Waals surface area contributed by atoms with Gasteiger partial charge in [-0.05, 0) is 19.1 Å². The minimum absolute atomic E-state index is 0.0920. The van der Waals surface area contributed by atoms with Gasteiger partial charge in [0.2, 0.25) is 5.91 Å². The number of hydrogen-bond donors (Lipinski definition) is 1. The number of rotatable bonds is 2. The number of nitro groups is 1. The summed E-state index contributed by atoms with van der Waals surface area (Å²) in [5.41, 5.74) is 6.55. The van der Waals surface area contributed by atoms with Crippen LogP contribution in [0.3, 0.4) is 0 Å². The molecule has 2 rings (SSSR count). The first kappa shape index (κ1) is 11.0. The molecule has 0 spiro atoms. The van der Waals surface area contributed by atoms with Crippen molar-refractivity contribution >= 4 is 22.5 Å². The topological polar surface area (TPSA) is 99.1 Å². The van der Waals surface area contributed by atoms with Gasteiger partial charge >= 0.3 is 0 Å². The Kier molecular flexibility index (Phi) is 2.47. The summed E-state index contributed by atoms with van der Waals surface area (Å²) in [5.74, 6) is -0.624. The Bertz CT molecular complexity index is 637. The van der Waals surface area contributed by atoms with Crippen LogP contribution in [0.25, 0.3) is 10.9 Å². The second kappa shape index (κ2) is 3.82. The molecule has 6 nitrogen and oxygen atoms in total. The third kappa shape index (κ3) is 1.92. The summed E-state index contributed by atoms with van der Waals surface area (Å²) in [4.78, 5) is 25.6. The second-order valence-corrected chi connectivity index (χ2v) is 3.63. The molecule has 0 saturated heterocycles. The van der Waals surface area contributed by atoms with Gasteiger partial charge in [-0.3, -0.25) is 19.9 Å². The standard InChI is InChI=1S/C11H9N3O3/c1-6-4-9(11(12)15)8-5-7(14(16)17)2-3-10(8)13-6/h2-5H,1H3,(H2,12,15). The van der Waals surface area contributed by atoms with Crippen molar-refractivity contribution in [2.45, 2.75) is 6.92 Å². The molecule has 0 saturated carbocycles. The number of pyridine rings is 1. The number of fused-ring (bicyclic) bond motifs is 1. The third-order valence-corrected chi connectivity index (χ3v) is 2.40. The molecule has 17 heavy (non-hydrogen) atoms. The van der Waals surface area contributed by atoms with Crippen molar-refractivity contribution in [1.82, 2.24) is 4.98 Å². The lowest BCUT2D eigenvalue weighted by atomic mass is 10.1. The molecule has 0 aliphatic heterocycles. The lowest BCUT2D eigenvalue weighted by Crippen LogP contribution is -2.12. The van der Waals surface area contributed by atoms with Gasteiger partial charge in [-0.25, -0.2) is 0 Å². The molecule has 0 unspecified atom stereocenters. The fraction of sp³-hybridized carbons (Fsp3) is 0.0909. The van der Waals surface area contributed by atoms with Crippen molar-refractivity contribution in [2.75, 3.05) is 0 Å². The lowest BCUT2D eigenvalue weighted by molar-refractivity contribution is -0.384. The van der Waals surface area contributed by atoms with Crippen molar-refractivity contribution in [3.05, 3.63) is 45.6 Å². The Hall–Kier alpha value is -2.50. The highest BCUT2D eigenvalue weighted by atomic mass is 16.6. The van der Waals surface area contributed by atoms with Crippen molar-refractivity contribution < 1.29 is 9.72 Å². The van der Waals surface area contributed by atoms with Crippen LogP contribution < -0.4 is 5.73 Å². The van der Waals surface area contributed by atoms with Gasteiger partial charge in [0.05, 0.1) is 16.0 Å². The average Bonchev–Trinajstić information content (AvgIpc) is 2.26. The molecule has 1 amide bonds. The molecule has 0 radical (unpaired) electrons. The highest BCUT2D eigenvalue weighted by Gasteiger charge is 2.13. The Morgan fingerprint density at radius 2 is 2.12 bits per heavy atom. The number of aromatic nitrogens is 1. The number of benzene rings is 1. The van der Waals surface area contributed by atoms with E-state index < -0.39 is 10.8 Å². The summed E-state index contributed by atoms with van der Waals surface area (Å²) in [6.07, 6.45) is 0. The Labute approximate surface area is 96.2 Å². The number of nitrogens with two attached hydrogens (primary N) is 1. The van der Waals surface area contributed by atoms with Gasteiger partial charge in [-0.1, -0.05) is 0 Å². The maximum atomic E-state index is 11.3. The van der Waals surface area contributed by atoms with Gasteiger partial charge in [0, 0.05) is 23.2 Å². The first-order chi connectivity index (χ1) is 7.99. The van der Waals surface area contributed by atoms with E-state index in [1.807, 2.05) is 0 Å². The number of carbonyl (C=O) groups excluding carboxylic acids is 1. The maximum absolute atomic E-state index is 11.3. The Balaban J connectivity index is 2.82. The van der Waals surface area contributed by atoms with Crippen LogP contribution in [0, 0.1) is 17.0 Å². The van der Waals surface area contributed by atoms with E-state index in [0.717, 1.165) is 0 Å². The number of primary amides is 1. The zero-order chi connectivity index (χ0) is 12.6. The van der Waals surface area contributed by atoms with E-state index in [2.05, 4.69) is 4.98 Å². The van der Waals surface area contributed by atoms with Gasteiger partial charge in [-0.2, -0.15) is 0 Å². The Morgan fingerprint density at radius 3 is 2.71 bits per heavy atom. The van der Waals surface area contributed by atoms with Crippen LogP contribution in [0.5, 0.6) is 0 Å². The van der Waals surface area contributed by atoms with Gasteiger partial charge in [-0.15, -0.1) is 0 Å². The fourth-order valence-corrected chi connectivity index (χ4v) is 1.66. The molecule has 0 aliphatic carbocycles. The van der Waals surface area contributed by atoms with Crippen LogP contribution in [-0.4, -0.2) is 15.8 Å². The molecule has 1 heterocycles. The molecule has 0 bridgehead atoms. The molecule has 0 atom stereocenters. The number of hydrogen-bond acceptors (Lipinski definition) is 4. The quantitative estimate of drug-likeness (QED) is 0.626. The van der Waals surface area contributed by atoms with Crippen molar-refractivity contribution in [3.8, 4) is 0 Å². The summed E-state index contributed by atoms with van der Waals surface area (Å²) < 4.78 is 0. The summed E-state index contributed by atoms with van der Waals surface area (Å²) in [6, 6.07) is 5.68. The minimum Gasteiger partial charge on any atom is -0.366 e. The van der Waals surface area contributed by atoms with Gasteiger partial charge in [0.15, 0.2) is 0 Å². The third-order valence-electron chi connectivity index (χ3n) is 2.40. The summed E-state index contributed by atoms with van der Waals surface area (Å²) in [6.45, 7) is 1.73. The molecule has 1 aromatic carbocycles. The molecular formula is C11H9N3O3. The van der Waals surface area contributed by atoms with E-state index in [-0.39, 0.29) is 11.3 Å². The van der Waals surface area contributed by atoms with E-state index in [0.29, 0.717) is 16.6 Å². The van der Waals surface area contributed by atoms with Gasteiger partial charge < -0.3 is 5.73 Å². The highest BCUT2D eigenvalue weighted by Crippen LogP contribution is 2.23. The number of nitrogens with zero attached hydrogens (tertiary/aromatic N) is 2. The summed E-state index contributed by atoms with van der Waals surface area (Å²) >= 11 is 0. The van der Waals surface area contributed by atoms with Gasteiger partial charge in [0.1, 0.15) is 0 Å².